The van der Waals surface area contributed by atoms with E-state index in [0.29, 0.717) is 13.2 Å². The molecule has 0 bridgehead atoms. The lowest BCUT2D eigenvalue weighted by Gasteiger charge is -2.05. The summed E-state index contributed by atoms with van der Waals surface area (Å²) in [6.07, 6.45) is 0.908. The molecule has 0 aliphatic carbocycles. The van der Waals surface area contributed by atoms with Crippen LogP contribution in [0.25, 0.3) is 0 Å². The normalized spacial score (nSPS) is 10.8. The van der Waals surface area contributed by atoms with Crippen molar-refractivity contribution in [3.63, 3.8) is 0 Å². The smallest absolute Gasteiger partial charge is 0.0994 e. The molecule has 1 rings (SSSR count). The molecule has 0 radical (unpaired) electrons. The quantitative estimate of drug-likeness (QED) is 0.669. The summed E-state index contributed by atoms with van der Waals surface area (Å²) < 4.78 is 7.13. The van der Waals surface area contributed by atoms with Gasteiger partial charge in [-0.2, -0.15) is 0 Å². The first kappa shape index (κ1) is 11.1. The Balaban J connectivity index is 2.61. The number of hydrogen-bond donors (Lipinski definition) is 1. The molecule has 0 aliphatic rings. The van der Waals surface area contributed by atoms with Gasteiger partial charge >= 0.3 is 0 Å². The van der Waals surface area contributed by atoms with Crippen LogP contribution in [0.2, 0.25) is 0 Å². The van der Waals surface area contributed by atoms with E-state index in [1.807, 2.05) is 11.6 Å². The first-order valence-electron chi connectivity index (χ1n) is 5.02. The van der Waals surface area contributed by atoms with Gasteiger partial charge in [0.1, 0.15) is 0 Å². The van der Waals surface area contributed by atoms with Gasteiger partial charge in [0, 0.05) is 13.2 Å². The van der Waals surface area contributed by atoms with Crippen molar-refractivity contribution in [2.24, 2.45) is 5.73 Å². The van der Waals surface area contributed by atoms with Gasteiger partial charge in [0.15, 0.2) is 0 Å². The molecule has 1 heterocycles. The third-order valence-electron chi connectivity index (χ3n) is 2.10. The predicted octanol–water partition coefficient (Wildman–Crippen LogP) is 0.336. The van der Waals surface area contributed by atoms with Crippen molar-refractivity contribution < 1.29 is 4.74 Å². The zero-order valence-electron chi connectivity index (χ0n) is 8.86. The van der Waals surface area contributed by atoms with E-state index >= 15 is 0 Å². The van der Waals surface area contributed by atoms with Gasteiger partial charge in [-0.1, -0.05) is 12.1 Å². The third kappa shape index (κ3) is 2.52. The number of hydrogen-bond acceptors (Lipinski definition) is 4. The average molecular weight is 198 g/mol. The summed E-state index contributed by atoms with van der Waals surface area (Å²) in [5.74, 6) is 0. The molecule has 0 spiro atoms. The van der Waals surface area contributed by atoms with Gasteiger partial charge in [-0.15, -0.1) is 5.10 Å². The second kappa shape index (κ2) is 5.72. The Morgan fingerprint density at radius 3 is 2.79 bits per heavy atom. The fraction of sp³-hybridized carbons (Fsp3) is 0.778. The van der Waals surface area contributed by atoms with Crippen LogP contribution >= 0.6 is 0 Å². The van der Waals surface area contributed by atoms with Crippen LogP contribution in [0.4, 0.5) is 0 Å². The van der Waals surface area contributed by atoms with E-state index in [9.17, 15) is 0 Å². The molecular formula is C9H18N4O. The van der Waals surface area contributed by atoms with Crippen LogP contribution in [-0.4, -0.2) is 28.2 Å². The first-order chi connectivity index (χ1) is 6.83. The molecule has 0 amide bonds. The molecule has 0 saturated carbocycles. The average Bonchev–Trinajstić information content (AvgIpc) is 2.60. The fourth-order valence-electron chi connectivity index (χ4n) is 1.39. The minimum absolute atomic E-state index is 0.456. The summed E-state index contributed by atoms with van der Waals surface area (Å²) in [5.41, 5.74) is 7.56. The molecular weight excluding hydrogens is 180 g/mol. The van der Waals surface area contributed by atoms with Crippen LogP contribution < -0.4 is 5.73 Å². The van der Waals surface area contributed by atoms with E-state index in [2.05, 4.69) is 17.2 Å². The number of ether oxygens (including phenoxy) is 1. The lowest BCUT2D eigenvalue weighted by atomic mass is 10.2. The second-order valence-electron chi connectivity index (χ2n) is 2.96. The van der Waals surface area contributed by atoms with Gasteiger partial charge in [0.25, 0.3) is 0 Å². The number of nitrogens with zero attached hydrogens (tertiary/aromatic N) is 3. The molecule has 80 valence electrons. The summed E-state index contributed by atoms with van der Waals surface area (Å²) in [5, 5.41) is 8.05. The molecule has 1 aromatic heterocycles. The van der Waals surface area contributed by atoms with Gasteiger partial charge < -0.3 is 10.5 Å². The molecule has 2 N–H and O–H groups in total. The Hall–Kier alpha value is -0.940. The van der Waals surface area contributed by atoms with Crippen molar-refractivity contribution >= 4 is 0 Å². The van der Waals surface area contributed by atoms with Crippen molar-refractivity contribution in [2.45, 2.75) is 33.4 Å². The molecule has 5 nitrogen and oxygen atoms in total. The molecule has 1 aromatic rings. The zero-order valence-corrected chi connectivity index (χ0v) is 8.86. The summed E-state index contributed by atoms with van der Waals surface area (Å²) in [6.45, 7) is 6.68. The summed E-state index contributed by atoms with van der Waals surface area (Å²) in [4.78, 5) is 0. The van der Waals surface area contributed by atoms with Crippen LogP contribution in [0, 0.1) is 0 Å². The second-order valence-corrected chi connectivity index (χ2v) is 2.96. The van der Waals surface area contributed by atoms with Gasteiger partial charge in [-0.25, -0.2) is 4.68 Å². The van der Waals surface area contributed by atoms with Gasteiger partial charge in [-0.3, -0.25) is 0 Å². The van der Waals surface area contributed by atoms with E-state index in [0.717, 1.165) is 31.0 Å². The summed E-state index contributed by atoms with van der Waals surface area (Å²) >= 11 is 0. The van der Waals surface area contributed by atoms with Crippen molar-refractivity contribution in [1.82, 2.24) is 15.0 Å². The van der Waals surface area contributed by atoms with Crippen molar-refractivity contribution in [3.05, 3.63) is 11.4 Å². The van der Waals surface area contributed by atoms with Crippen molar-refractivity contribution in [1.29, 1.82) is 0 Å². The molecule has 5 heteroatoms. The van der Waals surface area contributed by atoms with Crippen LogP contribution in [0.1, 0.15) is 25.2 Å². The van der Waals surface area contributed by atoms with Crippen LogP contribution in [0.15, 0.2) is 0 Å². The number of aromatic nitrogens is 3. The third-order valence-corrected chi connectivity index (χ3v) is 2.10. The molecule has 0 fully saturated rings. The van der Waals surface area contributed by atoms with Gasteiger partial charge in [0.2, 0.25) is 0 Å². The minimum atomic E-state index is 0.456. The largest absolute Gasteiger partial charge is 0.380 e. The van der Waals surface area contributed by atoms with Gasteiger partial charge in [-0.05, 0) is 13.3 Å². The van der Waals surface area contributed by atoms with Crippen molar-refractivity contribution in [3.8, 4) is 0 Å². The minimum Gasteiger partial charge on any atom is -0.380 e. The monoisotopic (exact) mass is 198 g/mol. The van der Waals surface area contributed by atoms with Crippen LogP contribution in [0.5, 0.6) is 0 Å². The van der Waals surface area contributed by atoms with E-state index in [4.69, 9.17) is 10.5 Å². The maximum atomic E-state index is 5.55. The lowest BCUT2D eigenvalue weighted by Crippen LogP contribution is -2.11. The molecule has 0 unspecified atom stereocenters. The molecule has 0 saturated heterocycles. The zero-order chi connectivity index (χ0) is 10.4. The molecule has 14 heavy (non-hydrogen) atoms. The summed E-state index contributed by atoms with van der Waals surface area (Å²) in [6, 6.07) is 0. The predicted molar refractivity (Wildman–Crippen MR) is 53.8 cm³/mol. The fourth-order valence-corrected chi connectivity index (χ4v) is 1.39. The SMILES string of the molecule is CCOCCn1nnc(CN)c1CC. The Labute approximate surface area is 84.2 Å². The Morgan fingerprint density at radius 2 is 2.21 bits per heavy atom. The maximum absolute atomic E-state index is 5.55. The topological polar surface area (TPSA) is 66.0 Å². The standard InChI is InChI=1S/C9H18N4O/c1-3-9-8(7-10)11-12-13(9)5-6-14-4-2/h3-7,10H2,1-2H3. The van der Waals surface area contributed by atoms with E-state index in [-0.39, 0.29) is 0 Å². The highest BCUT2D eigenvalue weighted by Gasteiger charge is 2.08. The van der Waals surface area contributed by atoms with Gasteiger partial charge in [0.05, 0.1) is 24.5 Å². The first-order valence-corrected chi connectivity index (χ1v) is 5.02. The van der Waals surface area contributed by atoms with Crippen molar-refractivity contribution in [2.75, 3.05) is 13.2 Å². The van der Waals surface area contributed by atoms with E-state index in [1.54, 1.807) is 0 Å². The molecule has 0 atom stereocenters. The van der Waals surface area contributed by atoms with Crippen LogP contribution in [-0.2, 0) is 24.2 Å². The highest BCUT2D eigenvalue weighted by molar-refractivity contribution is 5.09. The lowest BCUT2D eigenvalue weighted by molar-refractivity contribution is 0.135. The molecule has 0 aliphatic heterocycles. The number of nitrogens with two attached hydrogens (primary N) is 1. The molecule has 0 aromatic carbocycles. The summed E-state index contributed by atoms with van der Waals surface area (Å²) in [7, 11) is 0. The van der Waals surface area contributed by atoms with E-state index < -0.39 is 0 Å². The highest BCUT2D eigenvalue weighted by atomic mass is 16.5. The number of rotatable bonds is 6. The van der Waals surface area contributed by atoms with Crippen LogP contribution in [0.3, 0.4) is 0 Å². The highest BCUT2D eigenvalue weighted by Crippen LogP contribution is 2.05. The van der Waals surface area contributed by atoms with E-state index in [1.165, 1.54) is 0 Å². The Bertz CT molecular complexity index is 272. The Kier molecular flexibility index (Phi) is 4.55. The maximum Gasteiger partial charge on any atom is 0.0994 e. The Morgan fingerprint density at radius 1 is 1.43 bits per heavy atom.